The van der Waals surface area contributed by atoms with Crippen LogP contribution < -0.4 is 19.6 Å². The highest BCUT2D eigenvalue weighted by atomic mass is 15.2. The predicted octanol–water partition coefficient (Wildman–Crippen LogP) is 23.9. The van der Waals surface area contributed by atoms with Crippen molar-refractivity contribution in [3.05, 3.63) is 309 Å². The van der Waals surface area contributed by atoms with Gasteiger partial charge in [0.05, 0.1) is 17.1 Å². The second-order valence-electron chi connectivity index (χ2n) is 29.2. The van der Waals surface area contributed by atoms with E-state index in [2.05, 4.69) is 332 Å². The van der Waals surface area contributed by atoms with Crippen molar-refractivity contribution in [1.29, 1.82) is 0 Å². The molecule has 0 atom stereocenters. The smallest absolute Gasteiger partial charge is 0.0545 e. The maximum atomic E-state index is 2.65. The lowest BCUT2D eigenvalue weighted by molar-refractivity contribution is 0.597. The number of anilines is 12. The monoisotopic (exact) mass is 1180 g/mol. The van der Waals surface area contributed by atoms with Crippen molar-refractivity contribution in [2.24, 2.45) is 0 Å². The highest BCUT2D eigenvalue weighted by molar-refractivity contribution is 5.98. The Hall–Kier alpha value is -9.64. The summed E-state index contributed by atoms with van der Waals surface area (Å²) in [6, 6.07) is 83.7. The largest absolute Gasteiger partial charge is 0.310 e. The zero-order valence-corrected chi connectivity index (χ0v) is 54.2. The van der Waals surface area contributed by atoms with Crippen LogP contribution in [0.5, 0.6) is 0 Å². The van der Waals surface area contributed by atoms with E-state index in [-0.39, 0.29) is 16.2 Å². The second-order valence-corrected chi connectivity index (χ2v) is 29.2. The highest BCUT2D eigenvalue weighted by Gasteiger charge is 2.48. The van der Waals surface area contributed by atoms with Gasteiger partial charge in [0.2, 0.25) is 0 Å². The molecule has 2 aliphatic heterocycles. The van der Waals surface area contributed by atoms with E-state index in [9.17, 15) is 0 Å². The van der Waals surface area contributed by atoms with Gasteiger partial charge in [-0.05, 0) is 236 Å². The number of para-hydroxylation sites is 3. The van der Waals surface area contributed by atoms with Gasteiger partial charge in [0, 0.05) is 78.3 Å². The van der Waals surface area contributed by atoms with Crippen molar-refractivity contribution in [3.63, 3.8) is 0 Å². The van der Waals surface area contributed by atoms with Crippen molar-refractivity contribution in [3.8, 4) is 11.1 Å². The number of fused-ring (bicyclic) bond motifs is 11. The molecule has 0 saturated carbocycles. The molecule has 0 bridgehead atoms. The fourth-order valence-electron chi connectivity index (χ4n) is 17.5. The summed E-state index contributed by atoms with van der Waals surface area (Å²) in [5.41, 5.74) is 34.8. The van der Waals surface area contributed by atoms with Crippen LogP contribution in [-0.2, 0) is 27.1 Å². The number of hydrogen-bond donors (Lipinski definition) is 0. The maximum Gasteiger partial charge on any atom is 0.0545 e. The van der Waals surface area contributed by atoms with Gasteiger partial charge >= 0.3 is 0 Å². The van der Waals surface area contributed by atoms with Gasteiger partial charge in [-0.15, -0.1) is 0 Å². The molecule has 4 nitrogen and oxygen atoms in total. The fourth-order valence-corrected chi connectivity index (χ4v) is 17.5. The minimum absolute atomic E-state index is 0.105. The zero-order valence-electron chi connectivity index (χ0n) is 54.2. The van der Waals surface area contributed by atoms with Crippen LogP contribution >= 0.6 is 0 Å². The number of benzene rings is 10. The van der Waals surface area contributed by atoms with E-state index in [4.69, 9.17) is 0 Å². The summed E-state index contributed by atoms with van der Waals surface area (Å²) in [5.74, 6) is 0. The first-order chi connectivity index (χ1) is 43.9. The summed E-state index contributed by atoms with van der Waals surface area (Å²) in [7, 11) is 0. The molecule has 0 amide bonds. The molecule has 0 saturated heterocycles. The third kappa shape index (κ3) is 8.00. The quantitative estimate of drug-likeness (QED) is 0.143. The van der Waals surface area contributed by atoms with Gasteiger partial charge < -0.3 is 19.6 Å². The lowest BCUT2D eigenvalue weighted by Crippen LogP contribution is -2.38. The van der Waals surface area contributed by atoms with Crippen LogP contribution in [0.25, 0.3) is 22.3 Å². The van der Waals surface area contributed by atoms with E-state index in [1.807, 2.05) is 0 Å². The lowest BCUT2D eigenvalue weighted by atomic mass is 9.66. The van der Waals surface area contributed by atoms with Crippen molar-refractivity contribution in [2.45, 2.75) is 122 Å². The van der Waals surface area contributed by atoms with Crippen LogP contribution in [0.3, 0.4) is 0 Å². The molecule has 91 heavy (non-hydrogen) atoms. The molecular weight excluding hydrogens is 1100 g/mol. The SMILES string of the molecule is CC1(C)C2=C(CCC=C2)c2ccc(N(c3ccccc3)c3ccc4c(c3)C(C)(C)c3cc(N(c5ccccc5)c5ccc6c(c5)C(C)(C)C5=C6CCC=C5)cc5c3N4c3ccc(N(c4ccccc4)c4ccc6c(c4)C(C)(C)c4ccccc4-6)cc3C5(C)C)cc21. The molecule has 0 N–H and O–H groups in total. The second kappa shape index (κ2) is 19.7. The van der Waals surface area contributed by atoms with Gasteiger partial charge in [-0.1, -0.05) is 191 Å². The minimum atomic E-state index is -0.466. The molecule has 2 heterocycles. The topological polar surface area (TPSA) is 13.0 Å². The molecule has 17 rings (SSSR count). The number of rotatable bonds is 9. The molecule has 446 valence electrons. The van der Waals surface area contributed by atoms with E-state index >= 15 is 0 Å². The number of allylic oxidation sites excluding steroid dienone is 8. The molecule has 5 aliphatic carbocycles. The molecular formula is C87H78N4. The zero-order chi connectivity index (χ0) is 62.1. The lowest BCUT2D eigenvalue weighted by Gasteiger charge is -2.50. The summed E-state index contributed by atoms with van der Waals surface area (Å²) in [4.78, 5) is 10.2. The Kier molecular flexibility index (Phi) is 12.0. The third-order valence-electron chi connectivity index (χ3n) is 22.3. The van der Waals surface area contributed by atoms with Crippen molar-refractivity contribution >= 4 is 79.4 Å². The van der Waals surface area contributed by atoms with Crippen molar-refractivity contribution in [1.82, 2.24) is 0 Å². The summed E-state index contributed by atoms with van der Waals surface area (Å²) in [5, 5.41) is 0. The van der Waals surface area contributed by atoms with Gasteiger partial charge in [0.15, 0.2) is 0 Å². The van der Waals surface area contributed by atoms with E-state index in [1.54, 1.807) is 0 Å². The first-order valence-electron chi connectivity index (χ1n) is 33.1. The maximum absolute atomic E-state index is 2.65. The third-order valence-corrected chi connectivity index (χ3v) is 22.3. The number of nitrogens with zero attached hydrogens (tertiary/aromatic N) is 4. The normalized spacial score (nSPS) is 17.8. The van der Waals surface area contributed by atoms with E-state index < -0.39 is 10.8 Å². The molecule has 7 aliphatic rings. The standard InChI is InChI=1S/C87H78N4/c1-83(2)70-35-23-20-32-64(70)67-43-38-58(48-73(67)83)88(55-26-14-11-15-27-55)61-41-46-80-76(51-61)86(7,8)78-53-63(90(57-30-18-13-19-31-57)60-40-45-69-66-34-22-25-37-72(66)85(5,6)75(69)50-60)54-79-82(78)91(80)81-47-42-62(52-77(81)87(79,9)10)89(56-28-16-12-17-29-56)59-39-44-68-65-33-21-24-36-71(65)84(3,4)74(68)49-59/h11-20,23-32,35-54H,21-22,33-34H2,1-10H3. The molecule has 10 aromatic carbocycles. The van der Waals surface area contributed by atoms with E-state index in [0.717, 1.165) is 65.5 Å². The van der Waals surface area contributed by atoms with Crippen molar-refractivity contribution in [2.75, 3.05) is 19.6 Å². The Labute approximate surface area is 538 Å². The average Bonchev–Trinajstić information content (AvgIpc) is 1.60. The van der Waals surface area contributed by atoms with Gasteiger partial charge in [-0.2, -0.15) is 0 Å². The summed E-state index contributed by atoms with van der Waals surface area (Å²) < 4.78 is 0. The average molecular weight is 1180 g/mol. The Morgan fingerprint density at radius 3 is 1.04 bits per heavy atom. The Morgan fingerprint density at radius 2 is 0.604 bits per heavy atom. The van der Waals surface area contributed by atoms with Crippen LogP contribution in [0.1, 0.15) is 151 Å². The van der Waals surface area contributed by atoms with Crippen molar-refractivity contribution < 1.29 is 0 Å². The molecule has 0 aromatic heterocycles. The van der Waals surface area contributed by atoms with Gasteiger partial charge in [-0.25, -0.2) is 0 Å². The fraction of sp³-hybridized carbons (Fsp3) is 0.218. The predicted molar refractivity (Wildman–Crippen MR) is 384 cm³/mol. The van der Waals surface area contributed by atoms with E-state index in [0.29, 0.717) is 0 Å². The highest BCUT2D eigenvalue weighted by Crippen LogP contribution is 2.64. The number of hydrogen-bond acceptors (Lipinski definition) is 4. The van der Waals surface area contributed by atoms with E-state index in [1.165, 1.54) is 117 Å². The van der Waals surface area contributed by atoms with Gasteiger partial charge in [-0.3, -0.25) is 0 Å². The van der Waals surface area contributed by atoms with Crippen LogP contribution in [0.2, 0.25) is 0 Å². The molecule has 4 heteroatoms. The van der Waals surface area contributed by atoms with Gasteiger partial charge in [0.25, 0.3) is 0 Å². The van der Waals surface area contributed by atoms with Crippen LogP contribution in [0.4, 0.5) is 68.2 Å². The summed E-state index contributed by atoms with van der Waals surface area (Å²) >= 11 is 0. The first-order valence-corrected chi connectivity index (χ1v) is 33.1. The summed E-state index contributed by atoms with van der Waals surface area (Å²) in [6.07, 6.45) is 13.9. The van der Waals surface area contributed by atoms with Gasteiger partial charge in [0.1, 0.15) is 0 Å². The minimum Gasteiger partial charge on any atom is -0.310 e. The Balaban J connectivity index is 0.882. The van der Waals surface area contributed by atoms with Crippen LogP contribution in [0, 0.1) is 0 Å². The molecule has 0 fully saturated rings. The van der Waals surface area contributed by atoms with Crippen LogP contribution in [0.15, 0.2) is 254 Å². The molecule has 0 radical (unpaired) electrons. The van der Waals surface area contributed by atoms with Crippen LogP contribution in [-0.4, -0.2) is 0 Å². The summed E-state index contributed by atoms with van der Waals surface area (Å²) in [6.45, 7) is 24.4. The molecule has 0 spiro atoms. The Morgan fingerprint density at radius 1 is 0.275 bits per heavy atom. The Bertz CT molecular complexity index is 4850. The first kappa shape index (κ1) is 55.4. The molecule has 10 aromatic rings. The molecule has 0 unspecified atom stereocenters.